The summed E-state index contributed by atoms with van der Waals surface area (Å²) in [5, 5.41) is 0. The molecule has 4 heteroatoms. The number of nitrogens with one attached hydrogen (secondary N) is 1. The highest BCUT2D eigenvalue weighted by atomic mass is 79.9. The lowest BCUT2D eigenvalue weighted by Crippen LogP contribution is -1.86. The number of aromatic nitrogens is 1. The summed E-state index contributed by atoms with van der Waals surface area (Å²) in [6, 6.07) is 1.97. The molecule has 62 valence electrons. The first kappa shape index (κ1) is 8.01. The number of hydrogen-bond acceptors (Lipinski definition) is 2. The molecule has 2 aromatic heterocycles. The molecule has 2 rings (SSSR count). The molecule has 0 radical (unpaired) electrons. The molecule has 0 aliphatic heterocycles. The molecule has 0 amide bonds. The summed E-state index contributed by atoms with van der Waals surface area (Å²) in [4.78, 5) is 15.0. The van der Waals surface area contributed by atoms with E-state index < -0.39 is 0 Å². The molecule has 0 unspecified atom stereocenters. The SMILES string of the molecule is CC(=O)c1sc2cc[nH]c2c1Br. The van der Waals surface area contributed by atoms with Crippen molar-refractivity contribution in [2.75, 3.05) is 0 Å². The lowest BCUT2D eigenvalue weighted by atomic mass is 10.3. The number of aromatic amines is 1. The molecule has 0 spiro atoms. The van der Waals surface area contributed by atoms with Crippen molar-refractivity contribution in [3.8, 4) is 0 Å². The van der Waals surface area contributed by atoms with Gasteiger partial charge in [-0.1, -0.05) is 0 Å². The molecule has 0 bridgehead atoms. The van der Waals surface area contributed by atoms with Crippen molar-refractivity contribution < 1.29 is 4.79 Å². The quantitative estimate of drug-likeness (QED) is 0.767. The number of carbonyl (C=O) groups excluding carboxylic acids is 1. The van der Waals surface area contributed by atoms with Gasteiger partial charge in [-0.05, 0) is 28.9 Å². The van der Waals surface area contributed by atoms with Crippen LogP contribution in [-0.2, 0) is 0 Å². The Morgan fingerprint density at radius 1 is 1.67 bits per heavy atom. The lowest BCUT2D eigenvalue weighted by Gasteiger charge is -1.88. The van der Waals surface area contributed by atoms with Crippen LogP contribution in [0.4, 0.5) is 0 Å². The minimum absolute atomic E-state index is 0.108. The molecular formula is C8H6BrNOS. The molecule has 0 fully saturated rings. The molecule has 2 aromatic rings. The number of rotatable bonds is 1. The molecule has 0 saturated carbocycles. The maximum atomic E-state index is 11.1. The van der Waals surface area contributed by atoms with Crippen LogP contribution in [0.3, 0.4) is 0 Å². The summed E-state index contributed by atoms with van der Waals surface area (Å²) >= 11 is 4.90. The van der Waals surface area contributed by atoms with Crippen LogP contribution in [-0.4, -0.2) is 10.8 Å². The molecule has 0 aliphatic rings. The van der Waals surface area contributed by atoms with Gasteiger partial charge in [0.1, 0.15) is 0 Å². The molecule has 0 saturated heterocycles. The molecule has 0 aromatic carbocycles. The highest BCUT2D eigenvalue weighted by molar-refractivity contribution is 9.10. The van der Waals surface area contributed by atoms with Crippen molar-refractivity contribution in [1.82, 2.24) is 4.98 Å². The average Bonchev–Trinajstić information content (AvgIpc) is 2.53. The van der Waals surface area contributed by atoms with Crippen LogP contribution in [0.2, 0.25) is 0 Å². The summed E-state index contributed by atoms with van der Waals surface area (Å²) in [5.74, 6) is 0.108. The molecule has 2 heterocycles. The van der Waals surface area contributed by atoms with Crippen LogP contribution in [0.5, 0.6) is 0 Å². The summed E-state index contributed by atoms with van der Waals surface area (Å²) in [6.45, 7) is 1.58. The Bertz CT molecular complexity index is 443. The first-order valence-corrected chi connectivity index (χ1v) is 5.07. The van der Waals surface area contributed by atoms with Crippen molar-refractivity contribution in [2.24, 2.45) is 0 Å². The Kier molecular flexibility index (Phi) is 1.81. The fraction of sp³-hybridized carbons (Fsp3) is 0.125. The smallest absolute Gasteiger partial charge is 0.170 e. The van der Waals surface area contributed by atoms with E-state index in [1.165, 1.54) is 11.3 Å². The number of hydrogen-bond donors (Lipinski definition) is 1. The van der Waals surface area contributed by atoms with E-state index in [4.69, 9.17) is 0 Å². The predicted molar refractivity (Wildman–Crippen MR) is 53.9 cm³/mol. The predicted octanol–water partition coefficient (Wildman–Crippen LogP) is 3.19. The largest absolute Gasteiger partial charge is 0.360 e. The number of H-pyrrole nitrogens is 1. The summed E-state index contributed by atoms with van der Waals surface area (Å²) in [7, 11) is 0. The Morgan fingerprint density at radius 3 is 3.00 bits per heavy atom. The van der Waals surface area contributed by atoms with Crippen molar-refractivity contribution in [3.05, 3.63) is 21.6 Å². The number of carbonyl (C=O) groups is 1. The van der Waals surface area contributed by atoms with E-state index in [9.17, 15) is 4.79 Å². The van der Waals surface area contributed by atoms with Gasteiger partial charge in [0.25, 0.3) is 0 Å². The van der Waals surface area contributed by atoms with Gasteiger partial charge in [-0.2, -0.15) is 0 Å². The van der Waals surface area contributed by atoms with Crippen molar-refractivity contribution in [1.29, 1.82) is 0 Å². The molecule has 0 aliphatic carbocycles. The van der Waals surface area contributed by atoms with Crippen LogP contribution >= 0.6 is 27.3 Å². The standard InChI is InChI=1S/C8H6BrNOS/c1-4(11)8-6(9)7-5(12-8)2-3-10-7/h2-3,10H,1H3. The van der Waals surface area contributed by atoms with Crippen molar-refractivity contribution in [2.45, 2.75) is 6.92 Å². The minimum Gasteiger partial charge on any atom is -0.360 e. The van der Waals surface area contributed by atoms with Crippen molar-refractivity contribution >= 4 is 43.3 Å². The third-order valence-electron chi connectivity index (χ3n) is 1.66. The Labute approximate surface area is 81.7 Å². The topological polar surface area (TPSA) is 32.9 Å². The van der Waals surface area contributed by atoms with Crippen LogP contribution in [0.25, 0.3) is 10.2 Å². The van der Waals surface area contributed by atoms with Gasteiger partial charge in [-0.25, -0.2) is 0 Å². The molecule has 0 atom stereocenters. The average molecular weight is 244 g/mol. The normalized spacial score (nSPS) is 10.8. The third kappa shape index (κ3) is 1.03. The number of halogens is 1. The zero-order chi connectivity index (χ0) is 8.72. The maximum Gasteiger partial charge on any atom is 0.170 e. The first-order valence-electron chi connectivity index (χ1n) is 3.46. The second kappa shape index (κ2) is 2.71. The summed E-state index contributed by atoms with van der Waals surface area (Å²) in [5.41, 5.74) is 1.02. The van der Waals surface area contributed by atoms with Gasteiger partial charge < -0.3 is 4.98 Å². The second-order valence-electron chi connectivity index (χ2n) is 2.52. The van der Waals surface area contributed by atoms with E-state index in [1.54, 1.807) is 6.92 Å². The molecule has 2 nitrogen and oxygen atoms in total. The summed E-state index contributed by atoms with van der Waals surface area (Å²) < 4.78 is 2.01. The van der Waals surface area contributed by atoms with Gasteiger partial charge >= 0.3 is 0 Å². The lowest BCUT2D eigenvalue weighted by molar-refractivity contribution is 0.102. The van der Waals surface area contributed by atoms with E-state index in [2.05, 4.69) is 20.9 Å². The highest BCUT2D eigenvalue weighted by Gasteiger charge is 2.13. The highest BCUT2D eigenvalue weighted by Crippen LogP contribution is 2.34. The minimum atomic E-state index is 0.108. The summed E-state index contributed by atoms with van der Waals surface area (Å²) in [6.07, 6.45) is 1.87. The molecular weight excluding hydrogens is 238 g/mol. The first-order chi connectivity index (χ1) is 5.70. The number of thiophene rings is 1. The Balaban J connectivity index is 2.78. The van der Waals surface area contributed by atoms with Crippen molar-refractivity contribution in [3.63, 3.8) is 0 Å². The Morgan fingerprint density at radius 2 is 2.42 bits per heavy atom. The Hall–Kier alpha value is -0.610. The van der Waals surface area contributed by atoms with Crippen LogP contribution < -0.4 is 0 Å². The maximum absolute atomic E-state index is 11.1. The van der Waals surface area contributed by atoms with E-state index in [0.717, 1.165) is 19.6 Å². The second-order valence-corrected chi connectivity index (χ2v) is 4.36. The van der Waals surface area contributed by atoms with Gasteiger partial charge in [0.2, 0.25) is 0 Å². The molecule has 12 heavy (non-hydrogen) atoms. The number of Topliss-reactive ketones (excluding diaryl/α,β-unsaturated/α-hetero) is 1. The van der Waals surface area contributed by atoms with Gasteiger partial charge in [-0.3, -0.25) is 4.79 Å². The fourth-order valence-electron chi connectivity index (χ4n) is 1.11. The van der Waals surface area contributed by atoms with Crippen LogP contribution in [0.15, 0.2) is 16.7 Å². The van der Waals surface area contributed by atoms with Gasteiger partial charge in [0, 0.05) is 6.20 Å². The van der Waals surface area contributed by atoms with Crippen LogP contribution in [0, 0.1) is 0 Å². The van der Waals surface area contributed by atoms with E-state index in [0.29, 0.717) is 0 Å². The molecule has 1 N–H and O–H groups in total. The monoisotopic (exact) mass is 243 g/mol. The van der Waals surface area contributed by atoms with E-state index in [-0.39, 0.29) is 5.78 Å². The fourth-order valence-corrected chi connectivity index (χ4v) is 3.04. The zero-order valence-corrected chi connectivity index (χ0v) is 8.75. The van der Waals surface area contributed by atoms with Crippen LogP contribution in [0.1, 0.15) is 16.6 Å². The van der Waals surface area contributed by atoms with Gasteiger partial charge in [0.05, 0.1) is 19.6 Å². The van der Waals surface area contributed by atoms with Gasteiger partial charge in [0.15, 0.2) is 5.78 Å². The third-order valence-corrected chi connectivity index (χ3v) is 3.97. The number of ketones is 1. The van der Waals surface area contributed by atoms with Gasteiger partial charge in [-0.15, -0.1) is 11.3 Å². The zero-order valence-electron chi connectivity index (χ0n) is 6.35. The van der Waals surface area contributed by atoms with E-state index in [1.807, 2.05) is 12.3 Å². The van der Waals surface area contributed by atoms with E-state index >= 15 is 0 Å². The number of fused-ring (bicyclic) bond motifs is 1.